The lowest BCUT2D eigenvalue weighted by Gasteiger charge is -2.00. The van der Waals surface area contributed by atoms with Crippen molar-refractivity contribution in [3.8, 4) is 11.8 Å². The van der Waals surface area contributed by atoms with Gasteiger partial charge in [0.2, 0.25) is 0 Å². The van der Waals surface area contributed by atoms with Crippen LogP contribution in [0.2, 0.25) is 10.0 Å². The summed E-state index contributed by atoms with van der Waals surface area (Å²) in [5, 5.41) is 3.98. The molecule has 0 aromatic heterocycles. The molecule has 76 valence electrons. The third kappa shape index (κ3) is 3.26. The summed E-state index contributed by atoms with van der Waals surface area (Å²) < 4.78 is 0. The van der Waals surface area contributed by atoms with Crippen molar-refractivity contribution in [3.63, 3.8) is 0 Å². The van der Waals surface area contributed by atoms with Crippen molar-refractivity contribution >= 4 is 28.9 Å². The molecule has 4 nitrogen and oxygen atoms in total. The molecule has 15 heavy (non-hydrogen) atoms. The maximum absolute atomic E-state index is 8.02. The highest BCUT2D eigenvalue weighted by Crippen LogP contribution is 2.28. The maximum Gasteiger partial charge on any atom is 0.0880 e. The molecule has 0 heterocycles. The van der Waals surface area contributed by atoms with Crippen LogP contribution in [-0.4, -0.2) is 6.54 Å². The molecule has 6 heteroatoms. The first-order valence-corrected chi connectivity index (χ1v) is 4.65. The Labute approximate surface area is 96.6 Å². The van der Waals surface area contributed by atoms with E-state index in [0.29, 0.717) is 21.3 Å². The van der Waals surface area contributed by atoms with Crippen LogP contribution >= 0.6 is 23.2 Å². The van der Waals surface area contributed by atoms with Crippen molar-refractivity contribution in [1.29, 1.82) is 0 Å². The summed E-state index contributed by atoms with van der Waals surface area (Å²) in [5.41, 5.74) is 14.5. The highest BCUT2D eigenvalue weighted by Gasteiger charge is 2.02. The van der Waals surface area contributed by atoms with Gasteiger partial charge < -0.3 is 5.73 Å². The predicted molar refractivity (Wildman–Crippen MR) is 61.8 cm³/mol. The Morgan fingerprint density at radius 1 is 1.40 bits per heavy atom. The molecule has 1 aromatic rings. The van der Waals surface area contributed by atoms with Crippen LogP contribution in [0.15, 0.2) is 17.2 Å². The van der Waals surface area contributed by atoms with Crippen LogP contribution in [-0.2, 0) is 0 Å². The minimum atomic E-state index is 0.107. The molecule has 0 aliphatic heterocycles. The number of nitrogens with two attached hydrogens (primary N) is 1. The largest absolute Gasteiger partial charge is 0.396 e. The number of hydrogen-bond acceptors (Lipinski definition) is 2. The standard InChI is InChI=1S/C9H6Cl2N4/c10-7-4-6(2-1-3-14-15-13)5-8(11)9(7)12/h4-5H,3,12H2. The molecule has 1 aromatic carbocycles. The van der Waals surface area contributed by atoms with Gasteiger partial charge in [-0.3, -0.25) is 0 Å². The van der Waals surface area contributed by atoms with Crippen LogP contribution in [0.4, 0.5) is 5.69 Å². The number of azide groups is 1. The van der Waals surface area contributed by atoms with Crippen LogP contribution in [0.1, 0.15) is 5.56 Å². The van der Waals surface area contributed by atoms with Crippen LogP contribution in [0, 0.1) is 11.8 Å². The van der Waals surface area contributed by atoms with Crippen molar-refractivity contribution in [2.24, 2.45) is 5.11 Å². The minimum absolute atomic E-state index is 0.107. The van der Waals surface area contributed by atoms with Crippen molar-refractivity contribution in [2.75, 3.05) is 12.3 Å². The SMILES string of the molecule is [N-]=[N+]=NCC#Cc1cc(Cl)c(N)c(Cl)c1. The molecule has 0 saturated carbocycles. The summed E-state index contributed by atoms with van der Waals surface area (Å²) in [6, 6.07) is 3.21. The van der Waals surface area contributed by atoms with Gasteiger partial charge in [0.1, 0.15) is 0 Å². The number of rotatable bonds is 1. The van der Waals surface area contributed by atoms with E-state index in [-0.39, 0.29) is 6.54 Å². The average molecular weight is 241 g/mol. The first kappa shape index (κ1) is 11.5. The van der Waals surface area contributed by atoms with Gasteiger partial charge >= 0.3 is 0 Å². The van der Waals surface area contributed by atoms with Gasteiger partial charge in [0.25, 0.3) is 0 Å². The van der Waals surface area contributed by atoms with Crippen molar-refractivity contribution in [1.82, 2.24) is 0 Å². The molecule has 0 atom stereocenters. The normalized spacial score (nSPS) is 8.67. The van der Waals surface area contributed by atoms with E-state index >= 15 is 0 Å². The van der Waals surface area contributed by atoms with Crippen molar-refractivity contribution in [3.05, 3.63) is 38.2 Å². The van der Waals surface area contributed by atoms with Crippen LogP contribution in [0.25, 0.3) is 10.4 Å². The fourth-order valence-electron chi connectivity index (χ4n) is 0.865. The third-order valence-electron chi connectivity index (χ3n) is 1.52. The molecule has 2 N–H and O–H groups in total. The van der Waals surface area contributed by atoms with Crippen molar-refractivity contribution in [2.45, 2.75) is 0 Å². The molecular weight excluding hydrogens is 235 g/mol. The second kappa shape index (κ2) is 5.38. The number of hydrogen-bond donors (Lipinski definition) is 1. The quantitative estimate of drug-likeness (QED) is 0.264. The summed E-state index contributed by atoms with van der Waals surface area (Å²) >= 11 is 11.6. The Bertz CT molecular complexity index is 458. The monoisotopic (exact) mass is 240 g/mol. The van der Waals surface area contributed by atoms with Gasteiger partial charge in [0.05, 0.1) is 22.3 Å². The van der Waals surface area contributed by atoms with Crippen LogP contribution in [0.3, 0.4) is 0 Å². The number of halogens is 2. The predicted octanol–water partition coefficient (Wildman–Crippen LogP) is 3.24. The highest BCUT2D eigenvalue weighted by atomic mass is 35.5. The molecule has 0 spiro atoms. The van der Waals surface area contributed by atoms with E-state index in [2.05, 4.69) is 21.9 Å². The molecule has 0 saturated heterocycles. The van der Waals surface area contributed by atoms with Crippen LogP contribution < -0.4 is 5.73 Å². The molecular formula is C9H6Cl2N4. The van der Waals surface area contributed by atoms with Gasteiger partial charge in [0, 0.05) is 10.5 Å². The molecule has 0 radical (unpaired) electrons. The molecule has 0 aliphatic carbocycles. The van der Waals surface area contributed by atoms with Crippen molar-refractivity contribution < 1.29 is 0 Å². The Balaban J connectivity index is 2.95. The summed E-state index contributed by atoms with van der Waals surface area (Å²) in [4.78, 5) is 2.57. The Morgan fingerprint density at radius 3 is 2.53 bits per heavy atom. The molecule has 0 amide bonds. The first-order chi connectivity index (χ1) is 7.15. The second-order valence-corrected chi connectivity index (χ2v) is 3.36. The lowest BCUT2D eigenvalue weighted by Crippen LogP contribution is -1.89. The number of benzene rings is 1. The number of nitrogens with zero attached hydrogens (tertiary/aromatic N) is 3. The molecule has 0 fully saturated rings. The van der Waals surface area contributed by atoms with E-state index in [9.17, 15) is 0 Å². The number of anilines is 1. The maximum atomic E-state index is 8.02. The summed E-state index contributed by atoms with van der Waals surface area (Å²) in [5.74, 6) is 5.40. The van der Waals surface area contributed by atoms with Gasteiger partial charge in [-0.15, -0.1) is 0 Å². The summed E-state index contributed by atoms with van der Waals surface area (Å²) in [7, 11) is 0. The van der Waals surface area contributed by atoms with Gasteiger partial charge in [-0.2, -0.15) is 0 Å². The van der Waals surface area contributed by atoms with Gasteiger partial charge in [-0.05, 0) is 17.7 Å². The Hall–Kier alpha value is -1.53. The van der Waals surface area contributed by atoms with E-state index in [4.69, 9.17) is 34.5 Å². The topological polar surface area (TPSA) is 74.8 Å². The van der Waals surface area contributed by atoms with Gasteiger partial charge in [-0.1, -0.05) is 40.2 Å². The smallest absolute Gasteiger partial charge is 0.0880 e. The summed E-state index contributed by atoms with van der Waals surface area (Å²) in [6.45, 7) is 0.107. The zero-order valence-electron chi connectivity index (χ0n) is 7.54. The van der Waals surface area contributed by atoms with E-state index in [0.717, 1.165) is 0 Å². The van der Waals surface area contributed by atoms with Gasteiger partial charge in [0.15, 0.2) is 0 Å². The molecule has 0 aliphatic rings. The fourth-order valence-corrected chi connectivity index (χ4v) is 1.35. The van der Waals surface area contributed by atoms with E-state index in [1.165, 1.54) is 0 Å². The van der Waals surface area contributed by atoms with E-state index in [1.807, 2.05) is 0 Å². The Morgan fingerprint density at radius 2 is 2.00 bits per heavy atom. The number of nitrogen functional groups attached to an aromatic ring is 1. The lowest BCUT2D eigenvalue weighted by molar-refractivity contribution is 1.25. The zero-order valence-corrected chi connectivity index (χ0v) is 9.05. The molecule has 0 bridgehead atoms. The van der Waals surface area contributed by atoms with Gasteiger partial charge in [-0.25, -0.2) is 0 Å². The highest BCUT2D eigenvalue weighted by molar-refractivity contribution is 6.39. The van der Waals surface area contributed by atoms with E-state index < -0.39 is 0 Å². The average Bonchev–Trinajstić information content (AvgIpc) is 2.21. The Kier molecular flexibility index (Phi) is 4.14. The molecule has 1 rings (SSSR count). The summed E-state index contributed by atoms with van der Waals surface area (Å²) in [6.07, 6.45) is 0. The second-order valence-electron chi connectivity index (χ2n) is 2.54. The fraction of sp³-hybridized carbons (Fsp3) is 0.111. The zero-order chi connectivity index (χ0) is 11.3. The lowest BCUT2D eigenvalue weighted by atomic mass is 10.2. The molecule has 0 unspecified atom stereocenters. The minimum Gasteiger partial charge on any atom is -0.396 e. The van der Waals surface area contributed by atoms with E-state index in [1.54, 1.807) is 12.1 Å². The van der Waals surface area contributed by atoms with Crippen LogP contribution in [0.5, 0.6) is 0 Å². The third-order valence-corrected chi connectivity index (χ3v) is 2.15. The first-order valence-electron chi connectivity index (χ1n) is 3.89.